The van der Waals surface area contributed by atoms with E-state index < -0.39 is 13.1 Å². The summed E-state index contributed by atoms with van der Waals surface area (Å²) in [6, 6.07) is 24.5. The van der Waals surface area contributed by atoms with E-state index in [0.29, 0.717) is 18.6 Å². The molecule has 0 aliphatic heterocycles. The summed E-state index contributed by atoms with van der Waals surface area (Å²) in [4.78, 5) is 16.6. The zero-order chi connectivity index (χ0) is 23.5. The van der Waals surface area contributed by atoms with Gasteiger partial charge in [-0.15, -0.1) is 0 Å². The number of rotatable bonds is 11. The largest absolute Gasteiger partial charge is 0.493 e. The first-order chi connectivity index (χ1) is 16.0. The average molecular weight is 443 g/mol. The summed E-state index contributed by atoms with van der Waals surface area (Å²) < 4.78 is 5.71. The first kappa shape index (κ1) is 24.0. The highest BCUT2D eigenvalue weighted by atomic mass is 16.5. The van der Waals surface area contributed by atoms with Gasteiger partial charge in [0.15, 0.2) is 0 Å². The molecule has 1 amide bonds. The van der Waals surface area contributed by atoms with Crippen LogP contribution in [0.5, 0.6) is 5.75 Å². The van der Waals surface area contributed by atoms with Crippen molar-refractivity contribution >= 4 is 13.0 Å². The molecule has 0 spiro atoms. The van der Waals surface area contributed by atoms with Crippen LogP contribution in [0.1, 0.15) is 29.2 Å². The SMILES string of the molecule is N#CC(Cc1cccc(OCCC(=O)N[C@@H](Cc2ccccc2)B(O)O)c1)c1ccccn1. The Morgan fingerprint density at radius 2 is 1.79 bits per heavy atom. The number of nitrogens with zero attached hydrogens (tertiary/aromatic N) is 2. The van der Waals surface area contributed by atoms with E-state index in [0.717, 1.165) is 16.8 Å². The van der Waals surface area contributed by atoms with Crippen molar-refractivity contribution in [1.29, 1.82) is 5.26 Å². The molecule has 0 saturated carbocycles. The van der Waals surface area contributed by atoms with Crippen molar-refractivity contribution in [1.82, 2.24) is 10.3 Å². The molecule has 0 aliphatic carbocycles. The minimum absolute atomic E-state index is 0.0665. The maximum absolute atomic E-state index is 12.3. The highest BCUT2D eigenvalue weighted by molar-refractivity contribution is 6.43. The Hall–Kier alpha value is -3.67. The van der Waals surface area contributed by atoms with E-state index in [1.54, 1.807) is 12.3 Å². The summed E-state index contributed by atoms with van der Waals surface area (Å²) >= 11 is 0. The van der Waals surface area contributed by atoms with E-state index in [-0.39, 0.29) is 24.9 Å². The van der Waals surface area contributed by atoms with Gasteiger partial charge in [-0.05, 0) is 48.2 Å². The van der Waals surface area contributed by atoms with E-state index in [1.807, 2.05) is 66.7 Å². The first-order valence-electron chi connectivity index (χ1n) is 10.8. The van der Waals surface area contributed by atoms with Crippen LogP contribution >= 0.6 is 0 Å². The molecule has 8 heteroatoms. The fraction of sp³-hybridized carbons (Fsp3) is 0.240. The summed E-state index contributed by atoms with van der Waals surface area (Å²) in [5.74, 6) is -0.905. The molecule has 1 aromatic heterocycles. The smallest absolute Gasteiger partial charge is 0.475 e. The van der Waals surface area contributed by atoms with Crippen molar-refractivity contribution in [2.75, 3.05) is 6.61 Å². The van der Waals surface area contributed by atoms with Crippen molar-refractivity contribution in [3.63, 3.8) is 0 Å². The number of pyridine rings is 1. The Morgan fingerprint density at radius 3 is 2.48 bits per heavy atom. The van der Waals surface area contributed by atoms with E-state index in [9.17, 15) is 20.1 Å². The van der Waals surface area contributed by atoms with Gasteiger partial charge in [0.05, 0.1) is 36.6 Å². The molecule has 2 atom stereocenters. The topological polar surface area (TPSA) is 115 Å². The van der Waals surface area contributed by atoms with Crippen LogP contribution in [0.3, 0.4) is 0 Å². The second-order valence-corrected chi connectivity index (χ2v) is 7.66. The Morgan fingerprint density at radius 1 is 1.03 bits per heavy atom. The van der Waals surface area contributed by atoms with Crippen molar-refractivity contribution in [3.8, 4) is 11.8 Å². The van der Waals surface area contributed by atoms with Crippen LogP contribution in [0.2, 0.25) is 0 Å². The monoisotopic (exact) mass is 443 g/mol. The molecule has 1 unspecified atom stereocenters. The lowest BCUT2D eigenvalue weighted by atomic mass is 9.76. The van der Waals surface area contributed by atoms with Gasteiger partial charge in [0, 0.05) is 6.20 Å². The minimum atomic E-state index is -1.67. The van der Waals surface area contributed by atoms with Crippen LogP contribution in [-0.2, 0) is 17.6 Å². The molecule has 33 heavy (non-hydrogen) atoms. The number of amides is 1. The normalized spacial score (nSPS) is 12.3. The Kier molecular flexibility index (Phi) is 9.01. The molecule has 1 heterocycles. The van der Waals surface area contributed by atoms with E-state index >= 15 is 0 Å². The third-order valence-corrected chi connectivity index (χ3v) is 5.14. The molecule has 0 fully saturated rings. The van der Waals surface area contributed by atoms with Crippen LogP contribution in [0.4, 0.5) is 0 Å². The van der Waals surface area contributed by atoms with Crippen molar-refractivity contribution in [2.24, 2.45) is 0 Å². The van der Waals surface area contributed by atoms with E-state index in [4.69, 9.17) is 4.74 Å². The van der Waals surface area contributed by atoms with E-state index in [1.165, 1.54) is 0 Å². The van der Waals surface area contributed by atoms with Crippen LogP contribution < -0.4 is 10.1 Å². The lowest BCUT2D eigenvalue weighted by Crippen LogP contribution is -2.48. The molecule has 168 valence electrons. The second kappa shape index (κ2) is 12.4. The van der Waals surface area contributed by atoms with Gasteiger partial charge >= 0.3 is 7.12 Å². The Labute approximate surface area is 193 Å². The number of carbonyl (C=O) groups is 1. The quantitative estimate of drug-likeness (QED) is 0.392. The van der Waals surface area contributed by atoms with Crippen molar-refractivity contribution in [2.45, 2.75) is 31.1 Å². The average Bonchev–Trinajstić information content (AvgIpc) is 2.83. The number of aromatic nitrogens is 1. The highest BCUT2D eigenvalue weighted by Gasteiger charge is 2.25. The zero-order valence-corrected chi connectivity index (χ0v) is 18.2. The fourth-order valence-corrected chi connectivity index (χ4v) is 3.44. The predicted molar refractivity (Wildman–Crippen MR) is 125 cm³/mol. The summed E-state index contributed by atoms with van der Waals surface area (Å²) in [6.45, 7) is 0.136. The number of carbonyl (C=O) groups excluding carboxylic acids is 1. The molecule has 0 aliphatic rings. The van der Waals surface area contributed by atoms with Gasteiger partial charge < -0.3 is 20.1 Å². The van der Waals surface area contributed by atoms with Gasteiger partial charge in [-0.25, -0.2) is 0 Å². The Balaban J connectivity index is 1.50. The molecular weight excluding hydrogens is 417 g/mol. The molecule has 7 nitrogen and oxygen atoms in total. The molecule has 0 bridgehead atoms. The third-order valence-electron chi connectivity index (χ3n) is 5.14. The third kappa shape index (κ3) is 7.76. The van der Waals surface area contributed by atoms with Crippen LogP contribution in [0.15, 0.2) is 79.0 Å². The maximum Gasteiger partial charge on any atom is 0.475 e. The van der Waals surface area contributed by atoms with E-state index in [2.05, 4.69) is 16.4 Å². The molecule has 3 rings (SSSR count). The molecule has 3 aromatic rings. The van der Waals surface area contributed by atoms with Crippen LogP contribution in [0.25, 0.3) is 0 Å². The molecule has 0 radical (unpaired) electrons. The van der Waals surface area contributed by atoms with Gasteiger partial charge in [0.2, 0.25) is 5.91 Å². The standard InChI is InChI=1S/C25H26BN3O4/c27-18-21(23-11-4-5-13-28-23)15-20-9-6-10-22(16-20)33-14-12-25(30)29-24(26(31)32)17-19-7-2-1-3-8-19/h1-11,13,16,21,24,31-32H,12,14-15,17H2,(H,29,30)/t21?,24-/m0/s1. The van der Waals surface area contributed by atoms with Gasteiger partial charge in [-0.1, -0.05) is 48.5 Å². The van der Waals surface area contributed by atoms with Gasteiger partial charge in [0.1, 0.15) is 5.75 Å². The maximum atomic E-state index is 12.3. The number of hydrogen-bond donors (Lipinski definition) is 3. The van der Waals surface area contributed by atoms with Crippen molar-refractivity contribution < 1.29 is 19.6 Å². The summed E-state index contributed by atoms with van der Waals surface area (Å²) in [5.41, 5.74) is 2.55. The van der Waals surface area contributed by atoms with Crippen LogP contribution in [-0.4, -0.2) is 40.6 Å². The van der Waals surface area contributed by atoms with Gasteiger partial charge in [-0.2, -0.15) is 5.26 Å². The summed E-state index contributed by atoms with van der Waals surface area (Å²) in [6.07, 6.45) is 2.55. The number of ether oxygens (including phenoxy) is 1. The fourth-order valence-electron chi connectivity index (χ4n) is 3.44. The highest BCUT2D eigenvalue weighted by Crippen LogP contribution is 2.21. The number of benzene rings is 2. The van der Waals surface area contributed by atoms with Gasteiger partial charge in [0.25, 0.3) is 0 Å². The molecule has 2 aromatic carbocycles. The van der Waals surface area contributed by atoms with Crippen molar-refractivity contribution in [3.05, 3.63) is 95.8 Å². The minimum Gasteiger partial charge on any atom is -0.493 e. The van der Waals surface area contributed by atoms with Crippen LogP contribution in [0, 0.1) is 11.3 Å². The number of nitrogens with one attached hydrogen (secondary N) is 1. The number of hydrogen-bond acceptors (Lipinski definition) is 6. The lowest BCUT2D eigenvalue weighted by molar-refractivity contribution is -0.122. The summed E-state index contributed by atoms with van der Waals surface area (Å²) in [7, 11) is -1.67. The number of nitriles is 1. The Bertz CT molecular complexity index is 1060. The predicted octanol–water partition coefficient (Wildman–Crippen LogP) is 2.44. The molecule has 3 N–H and O–H groups in total. The zero-order valence-electron chi connectivity index (χ0n) is 18.2. The molecular formula is C25H26BN3O4. The summed E-state index contributed by atoms with van der Waals surface area (Å²) in [5, 5.41) is 31.4. The van der Waals surface area contributed by atoms with Gasteiger partial charge in [-0.3, -0.25) is 9.78 Å². The first-order valence-corrected chi connectivity index (χ1v) is 10.8. The lowest BCUT2D eigenvalue weighted by Gasteiger charge is -2.18. The second-order valence-electron chi connectivity index (χ2n) is 7.66. The molecule has 0 saturated heterocycles.